The van der Waals surface area contributed by atoms with Gasteiger partial charge in [0.1, 0.15) is 5.75 Å². The number of hydrogen-bond acceptors (Lipinski definition) is 2. The molecule has 3 N–H and O–H groups in total. The van der Waals surface area contributed by atoms with Gasteiger partial charge in [0.25, 0.3) is 0 Å². The predicted octanol–water partition coefficient (Wildman–Crippen LogP) is 3.51. The summed E-state index contributed by atoms with van der Waals surface area (Å²) < 4.78 is 40.9. The largest absolute Gasteiger partial charge is 0.573 e. The first-order valence-corrected chi connectivity index (χ1v) is 6.40. The van der Waals surface area contributed by atoms with E-state index in [1.165, 1.54) is 18.2 Å². The van der Waals surface area contributed by atoms with E-state index in [9.17, 15) is 13.2 Å². The van der Waals surface area contributed by atoms with Gasteiger partial charge in [0.2, 0.25) is 0 Å². The summed E-state index contributed by atoms with van der Waals surface area (Å²) in [4.78, 5) is 4.02. The molecule has 116 valence electrons. The Morgan fingerprint density at radius 2 is 1.68 bits per heavy atom. The number of aliphatic imine (C=N–C) groups is 1. The van der Waals surface area contributed by atoms with Crippen molar-refractivity contribution in [3.8, 4) is 5.75 Å². The highest BCUT2D eigenvalue weighted by Crippen LogP contribution is 2.26. The molecule has 2 aromatic carbocycles. The zero-order chi connectivity index (χ0) is 16.0. The van der Waals surface area contributed by atoms with E-state index in [2.05, 4.69) is 15.0 Å². The lowest BCUT2D eigenvalue weighted by Crippen LogP contribution is -2.22. The van der Waals surface area contributed by atoms with Crippen LogP contribution < -0.4 is 15.8 Å². The third-order valence-corrected chi connectivity index (χ3v) is 2.66. The fourth-order valence-electron chi connectivity index (χ4n) is 1.74. The molecule has 0 amide bonds. The van der Waals surface area contributed by atoms with Crippen LogP contribution in [0.1, 0.15) is 5.56 Å². The number of benzene rings is 2. The lowest BCUT2D eigenvalue weighted by atomic mass is 10.2. The molecule has 0 aliphatic rings. The monoisotopic (exact) mass is 309 g/mol. The van der Waals surface area contributed by atoms with E-state index >= 15 is 0 Å². The molecule has 2 aromatic rings. The molecule has 0 heterocycles. The van der Waals surface area contributed by atoms with Crippen LogP contribution in [0.25, 0.3) is 0 Å². The molecule has 0 aromatic heterocycles. The third-order valence-electron chi connectivity index (χ3n) is 2.66. The highest BCUT2D eigenvalue weighted by atomic mass is 19.4. The van der Waals surface area contributed by atoms with Gasteiger partial charge in [-0.05, 0) is 18.2 Å². The number of para-hydroxylation sites is 2. The quantitative estimate of drug-likeness (QED) is 0.671. The van der Waals surface area contributed by atoms with Crippen LogP contribution >= 0.6 is 0 Å². The molecule has 0 aliphatic carbocycles. The Labute approximate surface area is 125 Å². The summed E-state index contributed by atoms with van der Waals surface area (Å²) in [7, 11) is 0. The number of alkyl halides is 3. The summed E-state index contributed by atoms with van der Waals surface area (Å²) in [5, 5.41) is 2.84. The number of ether oxygens (including phenoxy) is 1. The summed E-state index contributed by atoms with van der Waals surface area (Å²) in [6.45, 7) is -0.0298. The Bertz CT molecular complexity index is 642. The zero-order valence-corrected chi connectivity index (χ0v) is 11.5. The van der Waals surface area contributed by atoms with E-state index in [-0.39, 0.29) is 23.8 Å². The number of nitrogens with zero attached hydrogens (tertiary/aromatic N) is 1. The van der Waals surface area contributed by atoms with E-state index in [1.807, 2.05) is 18.2 Å². The van der Waals surface area contributed by atoms with Gasteiger partial charge in [0.15, 0.2) is 5.96 Å². The van der Waals surface area contributed by atoms with Gasteiger partial charge in [-0.25, -0.2) is 4.99 Å². The number of nitrogens with one attached hydrogen (secondary N) is 1. The summed E-state index contributed by atoms with van der Waals surface area (Å²) in [5.41, 5.74) is 6.74. The molecular weight excluding hydrogens is 295 g/mol. The van der Waals surface area contributed by atoms with E-state index < -0.39 is 6.36 Å². The molecule has 0 unspecified atom stereocenters. The Kier molecular flexibility index (Phi) is 4.88. The standard InChI is InChI=1S/C15H14F3N3O/c16-15(17,18)22-13-9-5-4-6-11(13)10-20-14(19)21-12-7-2-1-3-8-12/h1-9H,10H2,(H3,19,20,21). The SMILES string of the molecule is NC(=NCc1ccccc1OC(F)(F)F)Nc1ccccc1. The van der Waals surface area contributed by atoms with Gasteiger partial charge in [0.05, 0.1) is 6.54 Å². The van der Waals surface area contributed by atoms with Gasteiger partial charge >= 0.3 is 6.36 Å². The van der Waals surface area contributed by atoms with Crippen molar-refractivity contribution in [1.29, 1.82) is 0 Å². The van der Waals surface area contributed by atoms with E-state index in [0.717, 1.165) is 5.69 Å². The first-order valence-electron chi connectivity index (χ1n) is 6.40. The van der Waals surface area contributed by atoms with Crippen LogP contribution in [-0.4, -0.2) is 12.3 Å². The summed E-state index contributed by atoms with van der Waals surface area (Å²) in [6, 6.07) is 14.9. The van der Waals surface area contributed by atoms with Crippen LogP contribution in [0.5, 0.6) is 5.75 Å². The highest BCUT2D eigenvalue weighted by Gasteiger charge is 2.31. The maximum absolute atomic E-state index is 12.3. The molecule has 2 rings (SSSR count). The summed E-state index contributed by atoms with van der Waals surface area (Å²) >= 11 is 0. The molecule has 7 heteroatoms. The zero-order valence-electron chi connectivity index (χ0n) is 11.5. The minimum atomic E-state index is -4.74. The van der Waals surface area contributed by atoms with Crippen LogP contribution in [0.3, 0.4) is 0 Å². The van der Waals surface area contributed by atoms with Gasteiger partial charge in [-0.2, -0.15) is 0 Å². The van der Waals surface area contributed by atoms with Crippen LogP contribution in [0.4, 0.5) is 18.9 Å². The molecule has 0 bridgehead atoms. The lowest BCUT2D eigenvalue weighted by Gasteiger charge is -2.12. The van der Waals surface area contributed by atoms with Gasteiger partial charge in [0, 0.05) is 11.3 Å². The second kappa shape index (κ2) is 6.84. The normalized spacial score (nSPS) is 12.0. The van der Waals surface area contributed by atoms with Gasteiger partial charge in [-0.3, -0.25) is 0 Å². The molecule has 0 spiro atoms. The van der Waals surface area contributed by atoms with Gasteiger partial charge in [-0.15, -0.1) is 13.2 Å². The average molecular weight is 309 g/mol. The Hall–Kier alpha value is -2.70. The van der Waals surface area contributed by atoms with Crippen molar-refractivity contribution < 1.29 is 17.9 Å². The summed E-state index contributed by atoms with van der Waals surface area (Å²) in [5.74, 6) is -0.181. The van der Waals surface area contributed by atoms with Crippen LogP contribution in [0.15, 0.2) is 59.6 Å². The topological polar surface area (TPSA) is 59.6 Å². The molecule has 0 saturated carbocycles. The van der Waals surface area contributed by atoms with Gasteiger partial charge in [-0.1, -0.05) is 36.4 Å². The van der Waals surface area contributed by atoms with Crippen molar-refractivity contribution in [2.45, 2.75) is 12.9 Å². The number of hydrogen-bond donors (Lipinski definition) is 2. The van der Waals surface area contributed by atoms with Crippen molar-refractivity contribution in [2.75, 3.05) is 5.32 Å². The molecule has 0 atom stereocenters. The predicted molar refractivity (Wildman–Crippen MR) is 78.5 cm³/mol. The van der Waals surface area contributed by atoms with Crippen molar-refractivity contribution in [2.24, 2.45) is 10.7 Å². The summed E-state index contributed by atoms with van der Waals surface area (Å²) in [6.07, 6.45) is -4.74. The van der Waals surface area contributed by atoms with Crippen LogP contribution in [0.2, 0.25) is 0 Å². The fourth-order valence-corrected chi connectivity index (χ4v) is 1.74. The Balaban J connectivity index is 2.06. The highest BCUT2D eigenvalue weighted by molar-refractivity contribution is 5.92. The number of nitrogens with two attached hydrogens (primary N) is 1. The van der Waals surface area contributed by atoms with Crippen molar-refractivity contribution in [1.82, 2.24) is 0 Å². The third kappa shape index (κ3) is 5.01. The lowest BCUT2D eigenvalue weighted by molar-refractivity contribution is -0.274. The number of rotatable bonds is 4. The first-order chi connectivity index (χ1) is 10.4. The van der Waals surface area contributed by atoms with E-state index in [0.29, 0.717) is 0 Å². The molecule has 0 radical (unpaired) electrons. The molecule has 0 saturated heterocycles. The molecular formula is C15H14F3N3O. The van der Waals surface area contributed by atoms with Crippen LogP contribution in [-0.2, 0) is 6.54 Å². The van der Waals surface area contributed by atoms with Crippen LogP contribution in [0, 0.1) is 0 Å². The van der Waals surface area contributed by atoms with Gasteiger partial charge < -0.3 is 15.8 Å². The Morgan fingerprint density at radius 1 is 1.05 bits per heavy atom. The van der Waals surface area contributed by atoms with E-state index in [1.54, 1.807) is 18.2 Å². The maximum atomic E-state index is 12.3. The van der Waals surface area contributed by atoms with Crippen molar-refractivity contribution in [3.05, 3.63) is 60.2 Å². The fraction of sp³-hybridized carbons (Fsp3) is 0.133. The molecule has 0 aliphatic heterocycles. The number of anilines is 1. The van der Waals surface area contributed by atoms with Crippen molar-refractivity contribution >= 4 is 11.6 Å². The minimum absolute atomic E-state index is 0.0298. The number of halogens is 3. The molecule has 22 heavy (non-hydrogen) atoms. The maximum Gasteiger partial charge on any atom is 0.573 e. The second-order valence-electron chi connectivity index (χ2n) is 4.35. The molecule has 0 fully saturated rings. The number of guanidine groups is 1. The van der Waals surface area contributed by atoms with Crippen molar-refractivity contribution in [3.63, 3.8) is 0 Å². The van der Waals surface area contributed by atoms with E-state index in [4.69, 9.17) is 5.73 Å². The first kappa shape index (κ1) is 15.7. The minimum Gasteiger partial charge on any atom is -0.405 e. The Morgan fingerprint density at radius 3 is 2.36 bits per heavy atom. The average Bonchev–Trinajstić information content (AvgIpc) is 2.46. The second-order valence-corrected chi connectivity index (χ2v) is 4.35. The molecule has 4 nitrogen and oxygen atoms in total. The smallest absolute Gasteiger partial charge is 0.405 e.